The first-order valence-corrected chi connectivity index (χ1v) is 12.3. The summed E-state index contributed by atoms with van der Waals surface area (Å²) in [6.07, 6.45) is 8.81. The minimum absolute atomic E-state index is 0.112. The van der Waals surface area contributed by atoms with E-state index in [9.17, 15) is 4.79 Å². The molecular formula is C25H31N9O2. The minimum Gasteiger partial charge on any atom is -0.474 e. The molecule has 2 N–H and O–H groups in total. The van der Waals surface area contributed by atoms with E-state index in [0.717, 1.165) is 38.2 Å². The maximum atomic E-state index is 13.2. The summed E-state index contributed by atoms with van der Waals surface area (Å²) in [5.74, 6) is 1.89. The Morgan fingerprint density at radius 1 is 1.25 bits per heavy atom. The lowest BCUT2D eigenvalue weighted by Gasteiger charge is -2.23. The molecule has 11 heteroatoms. The monoisotopic (exact) mass is 489 g/mol. The van der Waals surface area contributed by atoms with E-state index >= 15 is 0 Å². The number of piperidine rings is 1. The van der Waals surface area contributed by atoms with E-state index in [4.69, 9.17) is 9.72 Å². The van der Waals surface area contributed by atoms with Crippen LogP contribution >= 0.6 is 0 Å². The number of ether oxygens (including phenoxy) is 1. The van der Waals surface area contributed by atoms with Gasteiger partial charge in [0.05, 0.1) is 18.4 Å². The Morgan fingerprint density at radius 3 is 2.86 bits per heavy atom. The standard InChI is InChI=1S/C25H31N9O2/c1-4-12-33-24(35)20-14-27-25(29-18-13-28-32(16-18)15-17(2)3)31-23(20)34(33)21-6-5-7-22(30-21)36-19-8-10-26-11-9-19/h4-7,13-14,16-17,19,26H,1,8-12,15H2,2-3H3,(H,27,29,31). The number of rotatable bonds is 9. The summed E-state index contributed by atoms with van der Waals surface area (Å²) in [4.78, 5) is 27.0. The third-order valence-corrected chi connectivity index (χ3v) is 5.92. The second kappa shape index (κ2) is 10.3. The summed E-state index contributed by atoms with van der Waals surface area (Å²) in [6.45, 7) is 11.0. The topological polar surface area (TPSA) is 117 Å². The number of hydrogen-bond acceptors (Lipinski definition) is 8. The van der Waals surface area contributed by atoms with Gasteiger partial charge in [-0.15, -0.1) is 6.58 Å². The highest BCUT2D eigenvalue weighted by Crippen LogP contribution is 2.21. The molecule has 0 spiro atoms. The Labute approximate surface area is 208 Å². The van der Waals surface area contributed by atoms with Crippen molar-refractivity contribution in [2.75, 3.05) is 18.4 Å². The van der Waals surface area contributed by atoms with E-state index in [1.807, 2.05) is 29.1 Å². The third-order valence-electron chi connectivity index (χ3n) is 5.92. The van der Waals surface area contributed by atoms with E-state index in [2.05, 4.69) is 46.1 Å². The number of anilines is 2. The van der Waals surface area contributed by atoms with Crippen LogP contribution in [0.15, 0.2) is 54.2 Å². The Kier molecular flexibility index (Phi) is 6.81. The van der Waals surface area contributed by atoms with Crippen LogP contribution in [-0.4, -0.2) is 53.3 Å². The van der Waals surface area contributed by atoms with Crippen LogP contribution < -0.4 is 20.9 Å². The number of nitrogens with one attached hydrogen (secondary N) is 2. The van der Waals surface area contributed by atoms with Crippen LogP contribution in [0.2, 0.25) is 0 Å². The molecule has 0 aliphatic carbocycles. The minimum atomic E-state index is -0.215. The van der Waals surface area contributed by atoms with Gasteiger partial charge in [-0.3, -0.25) is 9.48 Å². The van der Waals surface area contributed by atoms with Crippen molar-refractivity contribution < 1.29 is 4.74 Å². The summed E-state index contributed by atoms with van der Waals surface area (Å²) in [7, 11) is 0. The first-order chi connectivity index (χ1) is 17.5. The fraction of sp³-hybridized carbons (Fsp3) is 0.400. The molecule has 0 bridgehead atoms. The molecule has 0 aromatic carbocycles. The molecule has 1 aliphatic heterocycles. The smallest absolute Gasteiger partial charge is 0.278 e. The summed E-state index contributed by atoms with van der Waals surface area (Å²) >= 11 is 0. The average Bonchev–Trinajstić information content (AvgIpc) is 3.41. The van der Waals surface area contributed by atoms with Crippen molar-refractivity contribution in [2.24, 2.45) is 5.92 Å². The molecule has 0 saturated carbocycles. The van der Waals surface area contributed by atoms with Crippen molar-refractivity contribution >= 4 is 22.7 Å². The largest absolute Gasteiger partial charge is 0.474 e. The lowest BCUT2D eigenvalue weighted by molar-refractivity contribution is 0.156. The van der Waals surface area contributed by atoms with E-state index in [1.165, 1.54) is 6.20 Å². The van der Waals surface area contributed by atoms with Crippen molar-refractivity contribution in [1.29, 1.82) is 0 Å². The molecule has 0 radical (unpaired) electrons. The van der Waals surface area contributed by atoms with Gasteiger partial charge >= 0.3 is 0 Å². The van der Waals surface area contributed by atoms with Gasteiger partial charge in [0.2, 0.25) is 11.8 Å². The first-order valence-electron chi connectivity index (χ1n) is 12.3. The van der Waals surface area contributed by atoms with Gasteiger partial charge in [0.1, 0.15) is 11.5 Å². The molecule has 1 fully saturated rings. The fourth-order valence-electron chi connectivity index (χ4n) is 4.31. The van der Waals surface area contributed by atoms with Gasteiger partial charge in [0.25, 0.3) is 5.56 Å². The molecule has 36 heavy (non-hydrogen) atoms. The maximum absolute atomic E-state index is 13.2. The number of aromatic nitrogens is 7. The molecule has 0 atom stereocenters. The summed E-state index contributed by atoms with van der Waals surface area (Å²) in [5, 5.41) is 11.3. The average molecular weight is 490 g/mol. The van der Waals surface area contributed by atoms with Crippen molar-refractivity contribution in [3.63, 3.8) is 0 Å². The van der Waals surface area contributed by atoms with Gasteiger partial charge in [0.15, 0.2) is 11.5 Å². The van der Waals surface area contributed by atoms with Crippen LogP contribution in [0.25, 0.3) is 16.9 Å². The second-order valence-electron chi connectivity index (χ2n) is 9.29. The van der Waals surface area contributed by atoms with Crippen LogP contribution in [-0.2, 0) is 13.1 Å². The SMILES string of the molecule is C=CCn1c(=O)c2cnc(Nc3cnn(CC(C)C)c3)nc2n1-c1cccc(OC2CCNCC2)n1. The molecule has 5 heterocycles. The highest BCUT2D eigenvalue weighted by Gasteiger charge is 2.20. The summed E-state index contributed by atoms with van der Waals surface area (Å²) in [6, 6.07) is 5.54. The molecular weight excluding hydrogens is 458 g/mol. The molecule has 0 amide bonds. The quantitative estimate of drug-likeness (QED) is 0.345. The van der Waals surface area contributed by atoms with Crippen molar-refractivity contribution in [2.45, 2.75) is 45.9 Å². The molecule has 4 aromatic heterocycles. The Balaban J connectivity index is 1.51. The van der Waals surface area contributed by atoms with Gasteiger partial charge in [-0.25, -0.2) is 14.3 Å². The zero-order chi connectivity index (χ0) is 25.1. The molecule has 1 saturated heterocycles. The van der Waals surface area contributed by atoms with Crippen LogP contribution in [0.1, 0.15) is 26.7 Å². The van der Waals surface area contributed by atoms with E-state index in [1.54, 1.807) is 21.6 Å². The summed E-state index contributed by atoms with van der Waals surface area (Å²) in [5.41, 5.74) is 0.998. The van der Waals surface area contributed by atoms with Gasteiger partial charge < -0.3 is 15.4 Å². The van der Waals surface area contributed by atoms with Crippen molar-refractivity contribution in [1.82, 2.24) is 39.4 Å². The van der Waals surface area contributed by atoms with Gasteiger partial charge in [-0.05, 0) is 37.9 Å². The number of pyridine rings is 1. The molecule has 1 aliphatic rings. The predicted molar refractivity (Wildman–Crippen MR) is 138 cm³/mol. The van der Waals surface area contributed by atoms with Gasteiger partial charge in [-0.1, -0.05) is 26.0 Å². The fourth-order valence-corrected chi connectivity index (χ4v) is 4.31. The van der Waals surface area contributed by atoms with Crippen LogP contribution in [0.5, 0.6) is 5.88 Å². The molecule has 4 aromatic rings. The van der Waals surface area contributed by atoms with Crippen LogP contribution in [0.4, 0.5) is 11.6 Å². The Morgan fingerprint density at radius 2 is 2.08 bits per heavy atom. The van der Waals surface area contributed by atoms with Gasteiger partial charge in [0, 0.05) is 25.0 Å². The molecule has 11 nitrogen and oxygen atoms in total. The number of hydrogen-bond donors (Lipinski definition) is 2. The van der Waals surface area contributed by atoms with Crippen LogP contribution in [0.3, 0.4) is 0 Å². The van der Waals surface area contributed by atoms with Crippen LogP contribution in [0, 0.1) is 5.92 Å². The predicted octanol–water partition coefficient (Wildman–Crippen LogP) is 2.89. The molecule has 188 valence electrons. The zero-order valence-electron chi connectivity index (χ0n) is 20.6. The second-order valence-corrected chi connectivity index (χ2v) is 9.29. The normalized spacial score (nSPS) is 14.4. The highest BCUT2D eigenvalue weighted by molar-refractivity contribution is 5.77. The van der Waals surface area contributed by atoms with Crippen molar-refractivity contribution in [3.8, 4) is 11.7 Å². The lowest BCUT2D eigenvalue weighted by atomic mass is 10.1. The zero-order valence-corrected chi connectivity index (χ0v) is 20.6. The maximum Gasteiger partial charge on any atom is 0.278 e. The summed E-state index contributed by atoms with van der Waals surface area (Å²) < 4.78 is 11.3. The highest BCUT2D eigenvalue weighted by atomic mass is 16.5. The Bertz CT molecular complexity index is 1410. The van der Waals surface area contributed by atoms with E-state index < -0.39 is 0 Å². The number of fused-ring (bicyclic) bond motifs is 1. The third kappa shape index (κ3) is 5.01. The van der Waals surface area contributed by atoms with E-state index in [-0.39, 0.29) is 11.7 Å². The van der Waals surface area contributed by atoms with Gasteiger partial charge in [-0.2, -0.15) is 15.1 Å². The first kappa shape index (κ1) is 23.7. The number of allylic oxidation sites excluding steroid dienone is 1. The molecule has 5 rings (SSSR count). The van der Waals surface area contributed by atoms with Crippen molar-refractivity contribution in [3.05, 3.63) is 59.8 Å². The lowest BCUT2D eigenvalue weighted by Crippen LogP contribution is -2.34. The van der Waals surface area contributed by atoms with E-state index in [0.29, 0.717) is 41.1 Å². The Hall–Kier alpha value is -3.99. The molecule has 0 unspecified atom stereocenters. The number of nitrogens with zero attached hydrogens (tertiary/aromatic N) is 7.